The molecule has 6 heteroatoms. The summed E-state index contributed by atoms with van der Waals surface area (Å²) < 4.78 is 14.2. The van der Waals surface area contributed by atoms with Crippen molar-refractivity contribution < 1.29 is 9.47 Å². The third-order valence-corrected chi connectivity index (χ3v) is 22.8. The van der Waals surface area contributed by atoms with Crippen LogP contribution in [0, 0.1) is 0 Å². The summed E-state index contributed by atoms with van der Waals surface area (Å²) >= 11 is 0. The molecule has 4 heterocycles. The Bertz CT molecular complexity index is 6740. The first-order valence-corrected chi connectivity index (χ1v) is 36.9. The molecule has 2 aromatic heterocycles. The van der Waals surface area contributed by atoms with Crippen LogP contribution in [0.2, 0.25) is 0 Å². The van der Waals surface area contributed by atoms with Crippen LogP contribution in [-0.4, -0.2) is 19.9 Å². The lowest BCUT2D eigenvalue weighted by molar-refractivity contribution is 0.436. The minimum atomic E-state index is -0.734. The third-order valence-electron chi connectivity index (χ3n) is 22.8. The van der Waals surface area contributed by atoms with E-state index in [0.29, 0.717) is 11.6 Å². The lowest BCUT2D eigenvalue weighted by atomic mass is 9.66. The van der Waals surface area contributed by atoms with Gasteiger partial charge >= 0.3 is 0 Å². The molecule has 0 radical (unpaired) electrons. The summed E-state index contributed by atoms with van der Waals surface area (Å²) in [6.45, 7) is 0. The fourth-order valence-corrected chi connectivity index (χ4v) is 18.1. The van der Waals surface area contributed by atoms with Crippen molar-refractivity contribution in [2.45, 2.75) is 10.8 Å². The molecule has 2 aliphatic heterocycles. The molecule has 4 aliphatic rings. The second kappa shape index (κ2) is 24.2. The molecule has 2 spiro atoms. The number of hydrogen-bond donors (Lipinski definition) is 0. The largest absolute Gasteiger partial charge is 0.457 e. The maximum atomic E-state index is 7.18. The van der Waals surface area contributed by atoms with Crippen LogP contribution >= 0.6 is 0 Å². The maximum absolute atomic E-state index is 7.18. The number of rotatable bonds is 9. The van der Waals surface area contributed by atoms with Gasteiger partial charge in [-0.05, 0) is 160 Å². The fraction of sp³-hybridized carbons (Fsp3) is 0.0196. The molecular formula is C102H62N4O2. The van der Waals surface area contributed by atoms with Gasteiger partial charge < -0.3 is 9.47 Å². The number of ether oxygens (including phenoxy) is 2. The first-order valence-electron chi connectivity index (χ1n) is 36.9. The van der Waals surface area contributed by atoms with Gasteiger partial charge in [-0.15, -0.1) is 0 Å². The molecule has 22 rings (SSSR count). The van der Waals surface area contributed by atoms with Crippen LogP contribution in [0.4, 0.5) is 0 Å². The summed E-state index contributed by atoms with van der Waals surface area (Å²) in [6, 6.07) is 135. The molecule has 18 aromatic rings. The highest BCUT2D eigenvalue weighted by Crippen LogP contribution is 2.65. The second-order valence-corrected chi connectivity index (χ2v) is 28.6. The topological polar surface area (TPSA) is 70.0 Å². The quantitative estimate of drug-likeness (QED) is 0.134. The molecule has 502 valence electrons. The van der Waals surface area contributed by atoms with Crippen molar-refractivity contribution in [1.82, 2.24) is 19.9 Å². The molecule has 0 fully saturated rings. The smallest absolute Gasteiger partial charge is 0.160 e. The van der Waals surface area contributed by atoms with Gasteiger partial charge in [0.25, 0.3) is 0 Å². The van der Waals surface area contributed by atoms with Gasteiger partial charge in [0, 0.05) is 55.6 Å². The summed E-state index contributed by atoms with van der Waals surface area (Å²) in [6.07, 6.45) is 0. The van der Waals surface area contributed by atoms with E-state index in [2.05, 4.69) is 358 Å². The highest BCUT2D eigenvalue weighted by Gasteiger charge is 2.53. The SMILES string of the molecule is c1ccc(-c2cccc(-c3cc(-c4ccc5c(c4)Oc4ccccc4C54c5ccccc5-c5ccccc54)nc(-c4cccc(-c5cccc(-c6cccc7c6-c6ccccc6C76c7ccccc7Oc7cc(-c8cc(-c9ccc%10c(ccc%11ccccc%11%10)c9)nc(-c9ccccc9)n8)ccc76)c5)c4)n3)c2)cc1. The molecular weight excluding hydrogens is 1310 g/mol. The van der Waals surface area contributed by atoms with Crippen LogP contribution in [0.15, 0.2) is 376 Å². The van der Waals surface area contributed by atoms with Gasteiger partial charge in [0.2, 0.25) is 0 Å². The Morgan fingerprint density at radius 2 is 0.556 bits per heavy atom. The first-order chi connectivity index (χ1) is 53.5. The number of fused-ring (bicyclic) bond motifs is 21. The Labute approximate surface area is 624 Å². The normalized spacial score (nSPS) is 14.2. The second-order valence-electron chi connectivity index (χ2n) is 28.6. The molecule has 16 aromatic carbocycles. The maximum Gasteiger partial charge on any atom is 0.160 e. The first kappa shape index (κ1) is 61.3. The van der Waals surface area contributed by atoms with Gasteiger partial charge in [-0.1, -0.05) is 315 Å². The Balaban J connectivity index is 0.652. The predicted octanol–water partition coefficient (Wildman–Crippen LogP) is 25.5. The van der Waals surface area contributed by atoms with Gasteiger partial charge in [-0.3, -0.25) is 0 Å². The van der Waals surface area contributed by atoms with Crippen molar-refractivity contribution in [3.63, 3.8) is 0 Å². The highest BCUT2D eigenvalue weighted by molar-refractivity contribution is 6.08. The van der Waals surface area contributed by atoms with Gasteiger partial charge in [0.1, 0.15) is 23.0 Å². The van der Waals surface area contributed by atoms with E-state index in [1.807, 2.05) is 18.2 Å². The monoisotopic (exact) mass is 1370 g/mol. The molecule has 6 nitrogen and oxygen atoms in total. The molecule has 0 saturated carbocycles. The Kier molecular flexibility index (Phi) is 13.7. The molecule has 1 unspecified atom stereocenters. The van der Waals surface area contributed by atoms with Gasteiger partial charge in [-0.2, -0.15) is 0 Å². The molecule has 0 amide bonds. The standard InChI is InChI=1S/C102H62N4O2/c1-3-23-63(24-4-1)66-28-20-32-71(56-66)90-61-93(74-50-53-87-96(59-74)107-94-45-17-15-42-85(94)101(87)82-39-12-9-35-79(82)80-36-10-13-40-83(80)101)106-100(105-90)75-33-21-30-68(57-75)67-29-19-31-69(55-67)78-38-22-44-89-98(78)81-37-11-14-41-84(81)102(89)86-43-16-18-46-95(86)108-97-60-73(51-54-88(97)102)92-62-91(103-99(104-92)65-26-5-2-6-27-65)72-49-52-77-70(58-72)48-47-64-25-7-8-34-76(64)77/h1-62H. The van der Waals surface area contributed by atoms with Crippen molar-refractivity contribution in [1.29, 1.82) is 0 Å². The Morgan fingerprint density at radius 1 is 0.185 bits per heavy atom. The van der Waals surface area contributed by atoms with Crippen molar-refractivity contribution in [3.8, 4) is 146 Å². The summed E-state index contributed by atoms with van der Waals surface area (Å²) in [7, 11) is 0. The average molecular weight is 1380 g/mol. The average Bonchev–Trinajstić information content (AvgIpc) is 1.50. The molecule has 1 atom stereocenters. The van der Waals surface area contributed by atoms with Crippen LogP contribution in [-0.2, 0) is 10.8 Å². The number of aromatic nitrogens is 4. The van der Waals surface area contributed by atoms with Crippen LogP contribution in [0.3, 0.4) is 0 Å². The van der Waals surface area contributed by atoms with Crippen molar-refractivity contribution >= 4 is 21.5 Å². The van der Waals surface area contributed by atoms with E-state index in [-0.39, 0.29) is 0 Å². The van der Waals surface area contributed by atoms with Crippen molar-refractivity contribution in [2.75, 3.05) is 0 Å². The molecule has 0 bridgehead atoms. The van der Waals surface area contributed by atoms with E-state index in [9.17, 15) is 0 Å². The van der Waals surface area contributed by atoms with Crippen LogP contribution in [0.5, 0.6) is 23.0 Å². The Morgan fingerprint density at radius 3 is 1.18 bits per heavy atom. The summed E-state index contributed by atoms with van der Waals surface area (Å²) in [5.74, 6) is 4.50. The number of nitrogens with zero attached hydrogens (tertiary/aromatic N) is 4. The van der Waals surface area contributed by atoms with Gasteiger partial charge in [-0.25, -0.2) is 19.9 Å². The van der Waals surface area contributed by atoms with E-state index in [1.165, 1.54) is 60.7 Å². The highest BCUT2D eigenvalue weighted by atomic mass is 16.5. The van der Waals surface area contributed by atoms with Crippen molar-refractivity contribution in [2.24, 2.45) is 0 Å². The third kappa shape index (κ3) is 9.40. The number of para-hydroxylation sites is 2. The molecule has 0 N–H and O–H groups in total. The summed E-state index contributed by atoms with van der Waals surface area (Å²) in [5, 5.41) is 4.82. The zero-order valence-corrected chi connectivity index (χ0v) is 58.4. The zero-order valence-electron chi connectivity index (χ0n) is 58.4. The molecule has 2 aliphatic carbocycles. The molecule has 108 heavy (non-hydrogen) atoms. The van der Waals surface area contributed by atoms with E-state index < -0.39 is 10.8 Å². The number of hydrogen-bond acceptors (Lipinski definition) is 6. The summed E-state index contributed by atoms with van der Waals surface area (Å²) in [4.78, 5) is 21.7. The minimum Gasteiger partial charge on any atom is -0.457 e. The van der Waals surface area contributed by atoms with Gasteiger partial charge in [0.05, 0.1) is 33.6 Å². The van der Waals surface area contributed by atoms with E-state index in [1.54, 1.807) is 0 Å². The summed E-state index contributed by atoms with van der Waals surface area (Å²) in [5.41, 5.74) is 28.4. The van der Waals surface area contributed by atoms with E-state index >= 15 is 0 Å². The zero-order chi connectivity index (χ0) is 71.0. The van der Waals surface area contributed by atoms with Gasteiger partial charge in [0.15, 0.2) is 11.6 Å². The lowest BCUT2D eigenvalue weighted by Gasteiger charge is -2.39. The van der Waals surface area contributed by atoms with Crippen molar-refractivity contribution in [3.05, 3.63) is 421 Å². The van der Waals surface area contributed by atoms with E-state index in [0.717, 1.165) is 140 Å². The number of benzene rings is 16. The van der Waals surface area contributed by atoms with E-state index in [4.69, 9.17) is 29.4 Å². The van der Waals surface area contributed by atoms with Crippen LogP contribution in [0.1, 0.15) is 44.5 Å². The predicted molar refractivity (Wildman–Crippen MR) is 436 cm³/mol. The minimum absolute atomic E-state index is 0.590. The lowest BCUT2D eigenvalue weighted by Crippen LogP contribution is -2.32. The molecule has 0 saturated heterocycles. The van der Waals surface area contributed by atoms with Crippen LogP contribution in [0.25, 0.3) is 145 Å². The van der Waals surface area contributed by atoms with Crippen LogP contribution < -0.4 is 9.47 Å². The Hall–Kier alpha value is -14.2. The fourth-order valence-electron chi connectivity index (χ4n) is 18.1.